The molecule has 0 fully saturated rings. The molecule has 1 unspecified atom stereocenters. The summed E-state index contributed by atoms with van der Waals surface area (Å²) < 4.78 is 0. The molecule has 0 nitrogen and oxygen atoms in total. The van der Waals surface area contributed by atoms with E-state index in [0.29, 0.717) is 0 Å². The molecule has 0 aromatic heterocycles. The standard InChI is InChI=1S/Cl3H2PSi/c1-5(2,3)4/h4H2. The minimum absolute atomic E-state index is 2.15. The Bertz CT molecular complexity index is 22.4. The SMILES string of the molecule is P[Si](Cl)(Cl)Cl. The highest BCUT2D eigenvalue weighted by molar-refractivity contribution is 8.03. The van der Waals surface area contributed by atoms with Gasteiger partial charge in [-0.15, -0.1) is 42.0 Å². The molecule has 0 aromatic rings. The van der Waals surface area contributed by atoms with Gasteiger partial charge < -0.3 is 0 Å². The average molecular weight is 167 g/mol. The van der Waals surface area contributed by atoms with Gasteiger partial charge in [-0.25, -0.2) is 0 Å². The fourth-order valence-electron chi connectivity index (χ4n) is 0. The van der Waals surface area contributed by atoms with Gasteiger partial charge in [-0.2, -0.15) is 0 Å². The van der Waals surface area contributed by atoms with E-state index in [4.69, 9.17) is 33.2 Å². The molecule has 0 N–H and O–H groups in total. The van der Waals surface area contributed by atoms with Crippen molar-refractivity contribution < 1.29 is 0 Å². The molecule has 0 aliphatic heterocycles. The lowest BCUT2D eigenvalue weighted by Crippen LogP contribution is -1.90. The van der Waals surface area contributed by atoms with E-state index >= 15 is 0 Å². The van der Waals surface area contributed by atoms with Gasteiger partial charge in [-0.05, 0) is 0 Å². The molecule has 0 aliphatic carbocycles. The lowest BCUT2D eigenvalue weighted by molar-refractivity contribution is 3.89. The summed E-state index contributed by atoms with van der Waals surface area (Å²) in [7, 11) is 2.15. The van der Waals surface area contributed by atoms with Crippen molar-refractivity contribution in [3.8, 4) is 0 Å². The first-order valence-corrected chi connectivity index (χ1v) is 7.70. The number of rotatable bonds is 0. The lowest BCUT2D eigenvalue weighted by atomic mass is 27.4. The van der Waals surface area contributed by atoms with Crippen LogP contribution in [0.4, 0.5) is 0 Å². The minimum Gasteiger partial charge on any atom is -0.122 e. The van der Waals surface area contributed by atoms with Crippen molar-refractivity contribution >= 4 is 47.7 Å². The van der Waals surface area contributed by atoms with Crippen molar-refractivity contribution in [2.75, 3.05) is 0 Å². The third kappa shape index (κ3) is 29.7. The van der Waals surface area contributed by atoms with E-state index in [9.17, 15) is 0 Å². The zero-order valence-corrected chi connectivity index (χ0v) is 6.63. The summed E-state index contributed by atoms with van der Waals surface area (Å²) in [6, 6.07) is 0. The third-order valence-corrected chi connectivity index (χ3v) is 0. The van der Waals surface area contributed by atoms with Crippen molar-refractivity contribution in [3.63, 3.8) is 0 Å². The monoisotopic (exact) mass is 166 g/mol. The second-order valence-electron chi connectivity index (χ2n) is 0.542. The molecular formula is H2Cl3PSi. The van der Waals surface area contributed by atoms with Gasteiger partial charge in [0.1, 0.15) is 0 Å². The second kappa shape index (κ2) is 1.99. The minimum atomic E-state index is -2.28. The Labute approximate surface area is 48.0 Å². The highest BCUT2D eigenvalue weighted by Crippen LogP contribution is 2.26. The van der Waals surface area contributed by atoms with Crippen molar-refractivity contribution in [3.05, 3.63) is 0 Å². The van der Waals surface area contributed by atoms with Crippen LogP contribution in [0.15, 0.2) is 0 Å². The molecule has 0 aliphatic rings. The van der Waals surface area contributed by atoms with Gasteiger partial charge in [0.05, 0.1) is 0 Å². The maximum absolute atomic E-state index is 5.16. The largest absolute Gasteiger partial charge is 0.359 e. The van der Waals surface area contributed by atoms with E-state index < -0.39 is 5.67 Å². The summed E-state index contributed by atoms with van der Waals surface area (Å²) in [6.45, 7) is 0. The van der Waals surface area contributed by atoms with E-state index in [1.54, 1.807) is 0 Å². The zero-order valence-electron chi connectivity index (χ0n) is 2.21. The molecule has 0 saturated carbocycles. The van der Waals surface area contributed by atoms with Crippen LogP contribution in [0.1, 0.15) is 0 Å². The predicted molar refractivity (Wildman–Crippen MR) is 33.0 cm³/mol. The van der Waals surface area contributed by atoms with Crippen molar-refractivity contribution in [1.82, 2.24) is 0 Å². The molecule has 0 radical (unpaired) electrons. The lowest BCUT2D eigenvalue weighted by Gasteiger charge is -1.89. The highest BCUT2D eigenvalue weighted by Gasteiger charge is 2.14. The predicted octanol–water partition coefficient (Wildman–Crippen LogP) is 2.01. The molecule has 0 bridgehead atoms. The molecule has 0 aromatic carbocycles. The Balaban J connectivity index is 3.02. The molecule has 1 atom stereocenters. The van der Waals surface area contributed by atoms with Crippen LogP contribution in [0.3, 0.4) is 0 Å². The number of halogens is 3. The first kappa shape index (κ1) is 6.52. The van der Waals surface area contributed by atoms with E-state index in [1.165, 1.54) is 0 Å². The van der Waals surface area contributed by atoms with Crippen LogP contribution >= 0.6 is 42.0 Å². The molecule has 0 amide bonds. The first-order valence-electron chi connectivity index (χ1n) is 0.856. The zero-order chi connectivity index (χ0) is 4.50. The van der Waals surface area contributed by atoms with E-state index in [0.717, 1.165) is 0 Å². The summed E-state index contributed by atoms with van der Waals surface area (Å²) in [4.78, 5) is 0. The van der Waals surface area contributed by atoms with Gasteiger partial charge in [0.2, 0.25) is 0 Å². The van der Waals surface area contributed by atoms with E-state index in [-0.39, 0.29) is 0 Å². The van der Waals surface area contributed by atoms with Crippen LogP contribution in [0.2, 0.25) is 0 Å². The fourth-order valence-corrected chi connectivity index (χ4v) is 0. The maximum atomic E-state index is 5.16. The summed E-state index contributed by atoms with van der Waals surface area (Å²) >= 11 is 15.5. The molecule has 0 spiro atoms. The van der Waals surface area contributed by atoms with E-state index in [1.807, 2.05) is 0 Å². The van der Waals surface area contributed by atoms with Crippen LogP contribution in [-0.2, 0) is 0 Å². The van der Waals surface area contributed by atoms with Crippen LogP contribution in [0.5, 0.6) is 0 Å². The molecule has 0 saturated heterocycles. The summed E-state index contributed by atoms with van der Waals surface area (Å²) in [5, 5.41) is 0. The highest BCUT2D eigenvalue weighted by atomic mass is 35.9. The molecule has 0 rings (SSSR count). The topological polar surface area (TPSA) is 0 Å². The van der Waals surface area contributed by atoms with Crippen LogP contribution < -0.4 is 0 Å². The summed E-state index contributed by atoms with van der Waals surface area (Å²) in [6.07, 6.45) is 0. The Morgan fingerprint density at radius 1 is 1.20 bits per heavy atom. The van der Waals surface area contributed by atoms with Gasteiger partial charge in [0, 0.05) is 0 Å². The Morgan fingerprint density at radius 2 is 1.20 bits per heavy atom. The molecule has 32 valence electrons. The molecule has 5 heavy (non-hydrogen) atoms. The Morgan fingerprint density at radius 3 is 1.20 bits per heavy atom. The third-order valence-electron chi connectivity index (χ3n) is 0. The fraction of sp³-hybridized carbons (Fsp3) is 0. The molecule has 5 heteroatoms. The molecular weight excluding hydrogens is 165 g/mol. The smallest absolute Gasteiger partial charge is 0.122 e. The van der Waals surface area contributed by atoms with Gasteiger partial charge in [0.25, 0.3) is 0 Å². The Kier molecular flexibility index (Phi) is 2.60. The quantitative estimate of drug-likeness (QED) is 0.294. The average Bonchev–Trinajstić information content (AvgIpc) is 0.722. The number of hydrogen-bond donors (Lipinski definition) is 0. The van der Waals surface area contributed by atoms with Gasteiger partial charge >= 0.3 is 5.67 Å². The van der Waals surface area contributed by atoms with Crippen LogP contribution in [0, 0.1) is 0 Å². The first-order chi connectivity index (χ1) is 2.00. The maximum Gasteiger partial charge on any atom is 0.359 e. The van der Waals surface area contributed by atoms with Crippen molar-refractivity contribution in [1.29, 1.82) is 0 Å². The van der Waals surface area contributed by atoms with Gasteiger partial charge in [-0.1, -0.05) is 0 Å². The van der Waals surface area contributed by atoms with Crippen molar-refractivity contribution in [2.45, 2.75) is 0 Å². The Hall–Kier alpha value is 1.52. The summed E-state index contributed by atoms with van der Waals surface area (Å²) in [5.41, 5.74) is -2.28. The van der Waals surface area contributed by atoms with Crippen LogP contribution in [0.25, 0.3) is 0 Å². The second-order valence-corrected chi connectivity index (χ2v) is 14.6. The van der Waals surface area contributed by atoms with Crippen molar-refractivity contribution in [2.24, 2.45) is 0 Å². The normalized spacial score (nSPS) is 12.0. The number of hydrogen-bond acceptors (Lipinski definition) is 0. The van der Waals surface area contributed by atoms with E-state index in [2.05, 4.69) is 8.79 Å². The van der Waals surface area contributed by atoms with Crippen LogP contribution in [-0.4, -0.2) is 5.67 Å². The van der Waals surface area contributed by atoms with Gasteiger partial charge in [-0.3, -0.25) is 0 Å². The summed E-state index contributed by atoms with van der Waals surface area (Å²) in [5.74, 6) is 0. The van der Waals surface area contributed by atoms with Gasteiger partial charge in [0.15, 0.2) is 0 Å². The molecule has 0 heterocycles.